The van der Waals surface area contributed by atoms with Crippen molar-refractivity contribution in [2.24, 2.45) is 0 Å². The number of aromatic nitrogens is 1. The summed E-state index contributed by atoms with van der Waals surface area (Å²) in [5.41, 5.74) is 2.80. The Kier molecular flexibility index (Phi) is 5.68. The third-order valence-electron chi connectivity index (χ3n) is 3.91. The number of pyridine rings is 1. The summed E-state index contributed by atoms with van der Waals surface area (Å²) in [6.07, 6.45) is 2.15. The average molecular weight is 317 g/mol. The second-order valence-corrected chi connectivity index (χ2v) is 5.19. The number of hydrogen-bond donors (Lipinski definition) is 1. The molecule has 0 saturated heterocycles. The van der Waals surface area contributed by atoms with Crippen LogP contribution in [0, 0.1) is 0 Å². The van der Waals surface area contributed by atoms with E-state index in [0.29, 0.717) is 18.7 Å². The fourth-order valence-corrected chi connectivity index (χ4v) is 2.64. The Morgan fingerprint density at radius 3 is 2.39 bits per heavy atom. The smallest absolute Gasteiger partial charge is 0.194 e. The van der Waals surface area contributed by atoms with E-state index in [2.05, 4.69) is 4.98 Å². The van der Waals surface area contributed by atoms with Gasteiger partial charge in [-0.05, 0) is 30.9 Å². The maximum Gasteiger partial charge on any atom is 0.194 e. The number of nitrogens with one attached hydrogen (secondary N) is 1. The monoisotopic (exact) mass is 317 g/mol. The summed E-state index contributed by atoms with van der Waals surface area (Å²) in [5, 5.41) is 0. The van der Waals surface area contributed by atoms with Crippen LogP contribution in [0.4, 0.5) is 0 Å². The van der Waals surface area contributed by atoms with E-state index in [1.54, 1.807) is 21.3 Å². The van der Waals surface area contributed by atoms with Crippen LogP contribution in [-0.4, -0.2) is 26.3 Å². The molecule has 1 aromatic carbocycles. The first-order valence-corrected chi connectivity index (χ1v) is 7.62. The molecule has 0 radical (unpaired) electrons. The topological polar surface area (TPSA) is 60.6 Å². The average Bonchev–Trinajstić information content (AvgIpc) is 2.59. The number of aryl methyl sites for hydroxylation is 2. The minimum atomic E-state index is 0.0137. The van der Waals surface area contributed by atoms with E-state index in [0.717, 1.165) is 34.7 Å². The lowest BCUT2D eigenvalue weighted by atomic mass is 10.0. The molecule has 0 spiro atoms. The largest absolute Gasteiger partial charge is 0.497 e. The molecule has 1 aromatic heterocycles. The van der Waals surface area contributed by atoms with E-state index in [1.807, 2.05) is 25.1 Å². The number of methoxy groups -OCH3 is 3. The predicted molar refractivity (Wildman–Crippen MR) is 89.9 cm³/mol. The molecule has 1 N–H and O–H groups in total. The maximum absolute atomic E-state index is 12.1. The first kappa shape index (κ1) is 16.9. The molecular weight excluding hydrogens is 294 g/mol. The van der Waals surface area contributed by atoms with Gasteiger partial charge in [-0.1, -0.05) is 13.0 Å². The fraction of sp³-hybridized carbons (Fsp3) is 0.389. The zero-order valence-corrected chi connectivity index (χ0v) is 14.1. The number of H-pyrrole nitrogens is 1. The van der Waals surface area contributed by atoms with Crippen LogP contribution in [0.3, 0.4) is 0 Å². The quantitative estimate of drug-likeness (QED) is 0.853. The van der Waals surface area contributed by atoms with Crippen molar-refractivity contribution >= 4 is 0 Å². The van der Waals surface area contributed by atoms with E-state index < -0.39 is 0 Å². The number of benzene rings is 1. The molecule has 0 aliphatic heterocycles. The highest BCUT2D eigenvalue weighted by atomic mass is 16.5. The molecule has 0 aliphatic rings. The highest BCUT2D eigenvalue weighted by Gasteiger charge is 2.11. The number of ether oxygens (including phenoxy) is 3. The van der Waals surface area contributed by atoms with Gasteiger partial charge in [-0.25, -0.2) is 0 Å². The Balaban J connectivity index is 2.27. The van der Waals surface area contributed by atoms with Crippen LogP contribution in [0.1, 0.15) is 23.7 Å². The van der Waals surface area contributed by atoms with E-state index in [1.165, 1.54) is 6.07 Å². The summed E-state index contributed by atoms with van der Waals surface area (Å²) in [4.78, 5) is 15.3. The lowest BCUT2D eigenvalue weighted by Gasteiger charge is -2.13. The van der Waals surface area contributed by atoms with Crippen molar-refractivity contribution in [3.8, 4) is 17.4 Å². The van der Waals surface area contributed by atoms with Gasteiger partial charge >= 0.3 is 0 Å². The third kappa shape index (κ3) is 3.86. The molecule has 2 rings (SSSR count). The van der Waals surface area contributed by atoms with Gasteiger partial charge < -0.3 is 19.2 Å². The van der Waals surface area contributed by atoms with Crippen molar-refractivity contribution in [3.05, 3.63) is 51.3 Å². The van der Waals surface area contributed by atoms with Crippen molar-refractivity contribution in [3.63, 3.8) is 0 Å². The van der Waals surface area contributed by atoms with Crippen molar-refractivity contribution in [1.29, 1.82) is 0 Å². The van der Waals surface area contributed by atoms with Gasteiger partial charge in [0.15, 0.2) is 11.3 Å². The summed E-state index contributed by atoms with van der Waals surface area (Å²) in [7, 11) is 4.82. The van der Waals surface area contributed by atoms with Crippen LogP contribution in [-0.2, 0) is 19.3 Å². The Morgan fingerprint density at radius 2 is 1.78 bits per heavy atom. The van der Waals surface area contributed by atoms with Crippen molar-refractivity contribution < 1.29 is 14.2 Å². The molecule has 23 heavy (non-hydrogen) atoms. The predicted octanol–water partition coefficient (Wildman–Crippen LogP) is 2.75. The molecule has 0 fully saturated rings. The van der Waals surface area contributed by atoms with E-state index in [4.69, 9.17) is 14.2 Å². The molecular formula is C18H23NO4. The van der Waals surface area contributed by atoms with E-state index in [9.17, 15) is 4.79 Å². The van der Waals surface area contributed by atoms with Gasteiger partial charge in [0.2, 0.25) is 0 Å². The van der Waals surface area contributed by atoms with Crippen LogP contribution in [0.25, 0.3) is 0 Å². The molecule has 5 heteroatoms. The minimum absolute atomic E-state index is 0.0137. The maximum atomic E-state index is 12.1. The zero-order valence-electron chi connectivity index (χ0n) is 14.1. The molecule has 2 aromatic rings. The Morgan fingerprint density at radius 1 is 1.00 bits per heavy atom. The lowest BCUT2D eigenvalue weighted by Crippen LogP contribution is -2.14. The summed E-state index contributed by atoms with van der Waals surface area (Å²) in [5.74, 6) is 2.03. The lowest BCUT2D eigenvalue weighted by molar-refractivity contribution is 0.390. The molecule has 0 bridgehead atoms. The van der Waals surface area contributed by atoms with Crippen LogP contribution < -0.4 is 19.6 Å². The first-order valence-electron chi connectivity index (χ1n) is 7.62. The Bertz CT molecular complexity index is 721. The van der Waals surface area contributed by atoms with Gasteiger partial charge in [-0.3, -0.25) is 4.79 Å². The summed E-state index contributed by atoms with van der Waals surface area (Å²) < 4.78 is 15.8. The van der Waals surface area contributed by atoms with Gasteiger partial charge in [0.1, 0.15) is 11.5 Å². The zero-order chi connectivity index (χ0) is 16.8. The molecule has 0 saturated carbocycles. The molecule has 0 aliphatic carbocycles. The molecule has 124 valence electrons. The molecule has 0 atom stereocenters. The van der Waals surface area contributed by atoms with Crippen LogP contribution in [0.2, 0.25) is 0 Å². The van der Waals surface area contributed by atoms with Gasteiger partial charge in [0.25, 0.3) is 0 Å². The highest BCUT2D eigenvalue weighted by Crippen LogP contribution is 2.26. The normalized spacial score (nSPS) is 10.4. The fourth-order valence-electron chi connectivity index (χ4n) is 2.64. The second kappa shape index (κ2) is 7.72. The minimum Gasteiger partial charge on any atom is -0.497 e. The van der Waals surface area contributed by atoms with Gasteiger partial charge in [0, 0.05) is 23.4 Å². The number of rotatable bonds is 7. The van der Waals surface area contributed by atoms with Crippen LogP contribution in [0.5, 0.6) is 17.4 Å². The Hall–Kier alpha value is -2.43. The molecule has 0 unspecified atom stereocenters. The van der Waals surface area contributed by atoms with Crippen LogP contribution >= 0.6 is 0 Å². The van der Waals surface area contributed by atoms with Crippen molar-refractivity contribution in [1.82, 2.24) is 4.98 Å². The number of hydrogen-bond acceptors (Lipinski definition) is 4. The molecule has 5 nitrogen and oxygen atoms in total. The van der Waals surface area contributed by atoms with Gasteiger partial charge in [-0.2, -0.15) is 0 Å². The number of aromatic amines is 1. The van der Waals surface area contributed by atoms with Gasteiger partial charge in [0.05, 0.1) is 21.3 Å². The van der Waals surface area contributed by atoms with Crippen molar-refractivity contribution in [2.75, 3.05) is 21.3 Å². The second-order valence-electron chi connectivity index (χ2n) is 5.19. The standard InChI is InChI=1S/C18H23NO4/c1-5-14-15(19-18(23-4)11-16(14)20)9-7-12-6-8-13(21-2)10-17(12)22-3/h6,8,10-11H,5,7,9H2,1-4H3,(H,19,20). The Labute approximate surface area is 136 Å². The van der Waals surface area contributed by atoms with E-state index >= 15 is 0 Å². The van der Waals surface area contributed by atoms with E-state index in [-0.39, 0.29) is 5.43 Å². The first-order chi connectivity index (χ1) is 11.1. The molecule has 0 amide bonds. The summed E-state index contributed by atoms with van der Waals surface area (Å²) in [6.45, 7) is 1.98. The summed E-state index contributed by atoms with van der Waals surface area (Å²) >= 11 is 0. The van der Waals surface area contributed by atoms with Crippen LogP contribution in [0.15, 0.2) is 29.1 Å². The highest BCUT2D eigenvalue weighted by molar-refractivity contribution is 5.41. The van der Waals surface area contributed by atoms with Crippen molar-refractivity contribution in [2.45, 2.75) is 26.2 Å². The molecule has 1 heterocycles. The van der Waals surface area contributed by atoms with Gasteiger partial charge in [-0.15, -0.1) is 0 Å². The summed E-state index contributed by atoms with van der Waals surface area (Å²) in [6, 6.07) is 7.26. The third-order valence-corrected chi connectivity index (χ3v) is 3.91. The SMILES string of the molecule is CCc1c(CCc2ccc(OC)cc2OC)[nH]c(OC)cc1=O.